The fraction of sp³-hybridized carbons (Fsp3) is 0.455. The van der Waals surface area contributed by atoms with Gasteiger partial charge in [0.05, 0.1) is 11.5 Å². The minimum absolute atomic E-state index is 0.0763. The van der Waals surface area contributed by atoms with Gasteiger partial charge in [-0.2, -0.15) is 0 Å². The van der Waals surface area contributed by atoms with Crippen LogP contribution in [0.4, 0.5) is 0 Å². The summed E-state index contributed by atoms with van der Waals surface area (Å²) in [6.45, 7) is 0.623. The highest BCUT2D eigenvalue weighted by Gasteiger charge is 2.29. The number of hydrogen-bond acceptors (Lipinski definition) is 5. The SMILES string of the molecule is NS(=O)(=O)c1cc(C(=O)N2CCCC(C(=O)O)C2)cs1. The molecule has 1 aromatic rings. The fourth-order valence-electron chi connectivity index (χ4n) is 2.12. The molecule has 2 rings (SSSR count). The van der Waals surface area contributed by atoms with Crippen LogP contribution in [0.15, 0.2) is 15.7 Å². The number of rotatable bonds is 3. The van der Waals surface area contributed by atoms with E-state index in [1.54, 1.807) is 0 Å². The van der Waals surface area contributed by atoms with Crippen molar-refractivity contribution in [2.24, 2.45) is 11.1 Å². The molecule has 20 heavy (non-hydrogen) atoms. The molecule has 0 aromatic carbocycles. The van der Waals surface area contributed by atoms with Gasteiger partial charge in [-0.05, 0) is 18.9 Å². The number of sulfonamides is 1. The number of carbonyl (C=O) groups is 2. The van der Waals surface area contributed by atoms with E-state index >= 15 is 0 Å². The third-order valence-electron chi connectivity index (χ3n) is 3.16. The number of carboxylic acid groups (broad SMARTS) is 1. The van der Waals surface area contributed by atoms with E-state index in [-0.39, 0.29) is 22.2 Å². The van der Waals surface area contributed by atoms with E-state index in [4.69, 9.17) is 10.2 Å². The number of carbonyl (C=O) groups excluding carboxylic acids is 1. The molecule has 1 unspecified atom stereocenters. The Morgan fingerprint density at radius 2 is 2.15 bits per heavy atom. The van der Waals surface area contributed by atoms with Crippen LogP contribution >= 0.6 is 11.3 Å². The van der Waals surface area contributed by atoms with Crippen LogP contribution in [0.25, 0.3) is 0 Å². The number of likely N-dealkylation sites (tertiary alicyclic amines) is 1. The molecule has 0 spiro atoms. The molecular weight excluding hydrogens is 304 g/mol. The summed E-state index contributed by atoms with van der Waals surface area (Å²) in [6.07, 6.45) is 1.17. The highest BCUT2D eigenvalue weighted by Crippen LogP contribution is 2.23. The first-order chi connectivity index (χ1) is 9.29. The van der Waals surface area contributed by atoms with Crippen molar-refractivity contribution < 1.29 is 23.1 Å². The van der Waals surface area contributed by atoms with Crippen molar-refractivity contribution >= 4 is 33.2 Å². The van der Waals surface area contributed by atoms with Crippen LogP contribution in [0.3, 0.4) is 0 Å². The van der Waals surface area contributed by atoms with Gasteiger partial charge < -0.3 is 10.0 Å². The molecule has 0 bridgehead atoms. The quantitative estimate of drug-likeness (QED) is 0.833. The van der Waals surface area contributed by atoms with E-state index in [1.807, 2.05) is 0 Å². The van der Waals surface area contributed by atoms with E-state index in [0.717, 1.165) is 11.3 Å². The highest BCUT2D eigenvalue weighted by molar-refractivity contribution is 7.91. The highest BCUT2D eigenvalue weighted by atomic mass is 32.2. The van der Waals surface area contributed by atoms with Gasteiger partial charge in [-0.15, -0.1) is 11.3 Å². The normalized spacial score (nSPS) is 19.9. The van der Waals surface area contributed by atoms with Crippen LogP contribution in [-0.2, 0) is 14.8 Å². The van der Waals surface area contributed by atoms with Crippen LogP contribution in [-0.4, -0.2) is 43.4 Å². The summed E-state index contributed by atoms with van der Waals surface area (Å²) in [5.41, 5.74) is 0.227. The van der Waals surface area contributed by atoms with Crippen LogP contribution in [0.2, 0.25) is 0 Å². The molecule has 3 N–H and O–H groups in total. The molecule has 9 heteroatoms. The molecule has 1 atom stereocenters. The van der Waals surface area contributed by atoms with Crippen LogP contribution in [0.1, 0.15) is 23.2 Å². The lowest BCUT2D eigenvalue weighted by Crippen LogP contribution is -2.42. The molecule has 110 valence electrons. The lowest BCUT2D eigenvalue weighted by Gasteiger charge is -2.30. The summed E-state index contributed by atoms with van der Waals surface area (Å²) < 4.78 is 22.3. The van der Waals surface area contributed by atoms with Crippen molar-refractivity contribution in [2.45, 2.75) is 17.1 Å². The Labute approximate surface area is 120 Å². The van der Waals surface area contributed by atoms with E-state index in [2.05, 4.69) is 0 Å². The maximum atomic E-state index is 12.2. The standard InChI is InChI=1S/C11H14N2O5S2/c12-20(17,18)9-4-8(6-19-9)10(14)13-3-1-2-7(5-13)11(15)16/h4,6-7H,1-3,5H2,(H,15,16)(H2,12,17,18). The number of carboxylic acids is 1. The maximum Gasteiger partial charge on any atom is 0.308 e. The molecule has 1 aliphatic heterocycles. The Kier molecular flexibility index (Phi) is 4.11. The third kappa shape index (κ3) is 3.17. The van der Waals surface area contributed by atoms with Gasteiger partial charge in [-0.3, -0.25) is 9.59 Å². The predicted molar refractivity (Wildman–Crippen MR) is 72.0 cm³/mol. The van der Waals surface area contributed by atoms with E-state index in [9.17, 15) is 18.0 Å². The first-order valence-corrected chi connectivity index (χ1v) is 8.35. The number of amides is 1. The number of nitrogens with zero attached hydrogens (tertiary/aromatic N) is 1. The maximum absolute atomic E-state index is 12.2. The van der Waals surface area contributed by atoms with E-state index in [0.29, 0.717) is 19.4 Å². The zero-order valence-electron chi connectivity index (χ0n) is 10.5. The Morgan fingerprint density at radius 1 is 1.45 bits per heavy atom. The number of primary sulfonamides is 1. The summed E-state index contributed by atoms with van der Waals surface area (Å²) in [5.74, 6) is -1.84. The van der Waals surface area contributed by atoms with Crippen LogP contribution < -0.4 is 5.14 Å². The summed E-state index contributed by atoms with van der Waals surface area (Å²) >= 11 is 0.879. The van der Waals surface area contributed by atoms with Gasteiger partial charge in [0, 0.05) is 18.5 Å². The summed E-state index contributed by atoms with van der Waals surface area (Å²) in [6, 6.07) is 1.23. The largest absolute Gasteiger partial charge is 0.481 e. The Bertz CT molecular complexity index is 637. The molecule has 1 fully saturated rings. The lowest BCUT2D eigenvalue weighted by molar-refractivity contribution is -0.143. The average molecular weight is 318 g/mol. The number of piperidine rings is 1. The summed E-state index contributed by atoms with van der Waals surface area (Å²) in [4.78, 5) is 24.6. The van der Waals surface area contributed by atoms with Crippen molar-refractivity contribution in [3.05, 3.63) is 17.0 Å². The predicted octanol–water partition coefficient (Wildman–Crippen LogP) is 0.332. The zero-order valence-corrected chi connectivity index (χ0v) is 12.1. The topological polar surface area (TPSA) is 118 Å². The number of hydrogen-bond donors (Lipinski definition) is 2. The zero-order chi connectivity index (χ0) is 14.9. The van der Waals surface area contributed by atoms with Gasteiger partial charge in [-0.25, -0.2) is 13.6 Å². The van der Waals surface area contributed by atoms with Crippen molar-refractivity contribution in [1.29, 1.82) is 0 Å². The Morgan fingerprint density at radius 3 is 2.70 bits per heavy atom. The second-order valence-corrected chi connectivity index (χ2v) is 7.33. The third-order valence-corrected chi connectivity index (χ3v) is 5.55. The second kappa shape index (κ2) is 5.51. The molecule has 2 heterocycles. The lowest BCUT2D eigenvalue weighted by atomic mass is 9.98. The van der Waals surface area contributed by atoms with Crippen molar-refractivity contribution in [2.75, 3.05) is 13.1 Å². The van der Waals surface area contributed by atoms with Gasteiger partial charge in [0.25, 0.3) is 5.91 Å². The van der Waals surface area contributed by atoms with Crippen molar-refractivity contribution in [3.63, 3.8) is 0 Å². The van der Waals surface area contributed by atoms with Crippen molar-refractivity contribution in [3.8, 4) is 0 Å². The molecule has 0 saturated carbocycles. The van der Waals surface area contributed by atoms with E-state index in [1.165, 1.54) is 16.3 Å². The molecule has 1 amide bonds. The smallest absolute Gasteiger partial charge is 0.308 e. The number of aliphatic carboxylic acids is 1. The van der Waals surface area contributed by atoms with Gasteiger partial charge in [0.1, 0.15) is 4.21 Å². The molecule has 1 saturated heterocycles. The van der Waals surface area contributed by atoms with Gasteiger partial charge in [-0.1, -0.05) is 0 Å². The summed E-state index contributed by atoms with van der Waals surface area (Å²) in [7, 11) is -3.82. The molecule has 0 aliphatic carbocycles. The fourth-order valence-corrected chi connectivity index (χ4v) is 3.70. The molecule has 0 radical (unpaired) electrons. The molecule has 7 nitrogen and oxygen atoms in total. The Hall–Kier alpha value is -1.45. The molecule has 1 aromatic heterocycles. The first-order valence-electron chi connectivity index (χ1n) is 5.92. The average Bonchev–Trinajstić information content (AvgIpc) is 2.87. The van der Waals surface area contributed by atoms with Crippen LogP contribution in [0.5, 0.6) is 0 Å². The van der Waals surface area contributed by atoms with Crippen LogP contribution in [0, 0.1) is 5.92 Å². The van der Waals surface area contributed by atoms with Crippen molar-refractivity contribution in [1.82, 2.24) is 4.90 Å². The van der Waals surface area contributed by atoms with Gasteiger partial charge >= 0.3 is 5.97 Å². The molecule has 1 aliphatic rings. The number of nitrogens with two attached hydrogens (primary N) is 1. The number of thiophene rings is 1. The monoisotopic (exact) mass is 318 g/mol. The molecular formula is C11H14N2O5S2. The minimum atomic E-state index is -3.82. The van der Waals surface area contributed by atoms with Gasteiger partial charge in [0.2, 0.25) is 10.0 Å². The van der Waals surface area contributed by atoms with Gasteiger partial charge in [0.15, 0.2) is 0 Å². The minimum Gasteiger partial charge on any atom is -0.481 e. The summed E-state index contributed by atoms with van der Waals surface area (Å²) in [5, 5.41) is 15.4. The Balaban J connectivity index is 2.15. The van der Waals surface area contributed by atoms with E-state index < -0.39 is 21.9 Å². The first kappa shape index (κ1) is 14.9. The second-order valence-electron chi connectivity index (χ2n) is 4.63.